The zero-order valence-electron chi connectivity index (χ0n) is 6.42. The van der Waals surface area contributed by atoms with Gasteiger partial charge in [0, 0.05) is 13.0 Å². The largest absolute Gasteiger partial charge is 0.393 e. The molecule has 0 unspecified atom stereocenters. The second kappa shape index (κ2) is 3.35. The minimum atomic E-state index is -0.251. The Morgan fingerprint density at radius 1 is 1.50 bits per heavy atom. The molecule has 0 bridgehead atoms. The molecule has 2 heteroatoms. The Morgan fingerprint density at radius 2 is 2.20 bits per heavy atom. The molecule has 1 N–H and O–H groups in total. The van der Waals surface area contributed by atoms with Crippen LogP contribution in [-0.4, -0.2) is 24.4 Å². The summed E-state index contributed by atoms with van der Waals surface area (Å²) in [4.78, 5) is 0. The molecular formula is C8H15O2. The minimum absolute atomic E-state index is 0.0683. The van der Waals surface area contributed by atoms with E-state index >= 15 is 0 Å². The highest BCUT2D eigenvalue weighted by Gasteiger charge is 2.27. The number of rotatable bonds is 1. The van der Waals surface area contributed by atoms with Gasteiger partial charge in [-0.15, -0.1) is 0 Å². The summed E-state index contributed by atoms with van der Waals surface area (Å²) in [5.74, 6) is 0.0683. The summed E-state index contributed by atoms with van der Waals surface area (Å²) in [6, 6.07) is 0. The van der Waals surface area contributed by atoms with Crippen LogP contribution >= 0.6 is 0 Å². The molecule has 0 aromatic heterocycles. The van der Waals surface area contributed by atoms with E-state index in [0.717, 1.165) is 19.3 Å². The fourth-order valence-electron chi connectivity index (χ4n) is 1.50. The van der Waals surface area contributed by atoms with E-state index in [-0.39, 0.29) is 18.1 Å². The Morgan fingerprint density at radius 3 is 2.70 bits per heavy atom. The first-order chi connectivity index (χ1) is 4.75. The number of ether oxygens (including phenoxy) is 1. The molecule has 2 nitrogen and oxygen atoms in total. The van der Waals surface area contributed by atoms with Gasteiger partial charge in [0.25, 0.3) is 0 Å². The summed E-state index contributed by atoms with van der Waals surface area (Å²) in [5, 5.41) is 9.34. The van der Waals surface area contributed by atoms with Crippen LogP contribution < -0.4 is 0 Å². The van der Waals surface area contributed by atoms with Crippen LogP contribution in [-0.2, 0) is 4.74 Å². The quantitative estimate of drug-likeness (QED) is 0.593. The lowest BCUT2D eigenvalue weighted by Crippen LogP contribution is -2.35. The third-order valence-corrected chi connectivity index (χ3v) is 2.26. The molecule has 0 heterocycles. The van der Waals surface area contributed by atoms with Crippen LogP contribution in [0.5, 0.6) is 0 Å². The molecule has 1 saturated carbocycles. The van der Waals surface area contributed by atoms with Crippen molar-refractivity contribution < 1.29 is 9.84 Å². The molecule has 0 saturated heterocycles. The number of aliphatic hydroxyl groups is 1. The first kappa shape index (κ1) is 8.02. The molecule has 0 spiro atoms. The smallest absolute Gasteiger partial charge is 0.0624 e. The zero-order valence-corrected chi connectivity index (χ0v) is 6.42. The van der Waals surface area contributed by atoms with Gasteiger partial charge in [-0.2, -0.15) is 0 Å². The van der Waals surface area contributed by atoms with E-state index in [1.54, 1.807) is 7.11 Å². The van der Waals surface area contributed by atoms with Crippen LogP contribution in [0.3, 0.4) is 0 Å². The number of hydrogen-bond acceptors (Lipinski definition) is 2. The monoisotopic (exact) mass is 143 g/mol. The molecule has 1 aliphatic rings. The Balaban J connectivity index is 2.42. The van der Waals surface area contributed by atoms with Gasteiger partial charge in [-0.05, 0) is 26.2 Å². The predicted octanol–water partition coefficient (Wildman–Crippen LogP) is 0.996. The van der Waals surface area contributed by atoms with Crippen molar-refractivity contribution in [1.29, 1.82) is 0 Å². The van der Waals surface area contributed by atoms with Crippen LogP contribution in [0.4, 0.5) is 0 Å². The summed E-state index contributed by atoms with van der Waals surface area (Å²) >= 11 is 0. The molecular weight excluding hydrogens is 128 g/mol. The molecule has 1 rings (SSSR count). The van der Waals surface area contributed by atoms with Crippen molar-refractivity contribution in [3.63, 3.8) is 0 Å². The zero-order chi connectivity index (χ0) is 7.56. The molecule has 0 aromatic rings. The predicted molar refractivity (Wildman–Crippen MR) is 39.5 cm³/mol. The van der Waals surface area contributed by atoms with E-state index in [1.165, 1.54) is 0 Å². The van der Waals surface area contributed by atoms with E-state index in [1.807, 2.05) is 0 Å². The Bertz CT molecular complexity index is 103. The SMILES string of the molecule is [CH2][C@@H]1[C@H](O)CCC[C@H]1OC. The number of aliphatic hydroxyl groups excluding tert-OH is 1. The minimum Gasteiger partial charge on any atom is -0.393 e. The maximum atomic E-state index is 9.34. The van der Waals surface area contributed by atoms with Crippen LogP contribution in [0, 0.1) is 12.8 Å². The standard InChI is InChI=1S/C8H15O2/c1-6-7(9)4-3-5-8(6)10-2/h6-9H,1,3-5H2,2H3/t6-,7-,8-/m1/s1. The van der Waals surface area contributed by atoms with Gasteiger partial charge in [0.1, 0.15) is 0 Å². The molecule has 0 aromatic carbocycles. The Kier molecular flexibility index (Phi) is 2.69. The van der Waals surface area contributed by atoms with Crippen molar-refractivity contribution in [3.8, 4) is 0 Å². The lowest BCUT2D eigenvalue weighted by atomic mass is 9.85. The van der Waals surface area contributed by atoms with Gasteiger partial charge in [0.15, 0.2) is 0 Å². The fraction of sp³-hybridized carbons (Fsp3) is 0.875. The summed E-state index contributed by atoms with van der Waals surface area (Å²) in [5.41, 5.74) is 0. The van der Waals surface area contributed by atoms with Gasteiger partial charge >= 0.3 is 0 Å². The second-order valence-corrected chi connectivity index (χ2v) is 2.94. The summed E-state index contributed by atoms with van der Waals surface area (Å²) in [6.45, 7) is 3.86. The first-order valence-electron chi connectivity index (χ1n) is 3.79. The maximum Gasteiger partial charge on any atom is 0.0624 e. The van der Waals surface area contributed by atoms with Crippen molar-refractivity contribution in [1.82, 2.24) is 0 Å². The molecule has 59 valence electrons. The lowest BCUT2D eigenvalue weighted by Gasteiger charge is -2.31. The third kappa shape index (κ3) is 1.50. The number of methoxy groups -OCH3 is 1. The topological polar surface area (TPSA) is 29.5 Å². The second-order valence-electron chi connectivity index (χ2n) is 2.94. The van der Waals surface area contributed by atoms with Crippen molar-refractivity contribution in [2.24, 2.45) is 5.92 Å². The number of hydrogen-bond donors (Lipinski definition) is 1. The Hall–Kier alpha value is -0.0800. The molecule has 3 atom stereocenters. The highest BCUT2D eigenvalue weighted by atomic mass is 16.5. The summed E-state index contributed by atoms with van der Waals surface area (Å²) in [6.07, 6.45) is 2.91. The van der Waals surface area contributed by atoms with Gasteiger partial charge in [0.05, 0.1) is 12.2 Å². The first-order valence-corrected chi connectivity index (χ1v) is 3.79. The lowest BCUT2D eigenvalue weighted by molar-refractivity contribution is -0.0266. The molecule has 10 heavy (non-hydrogen) atoms. The highest BCUT2D eigenvalue weighted by molar-refractivity contribution is 4.83. The Labute approximate surface area is 62.2 Å². The van der Waals surface area contributed by atoms with Gasteiger partial charge < -0.3 is 9.84 Å². The normalized spacial score (nSPS) is 41.7. The van der Waals surface area contributed by atoms with E-state index in [2.05, 4.69) is 6.92 Å². The van der Waals surface area contributed by atoms with Gasteiger partial charge in [-0.25, -0.2) is 0 Å². The van der Waals surface area contributed by atoms with Crippen LogP contribution in [0.15, 0.2) is 0 Å². The van der Waals surface area contributed by atoms with Crippen molar-refractivity contribution in [2.75, 3.05) is 7.11 Å². The van der Waals surface area contributed by atoms with Gasteiger partial charge in [-0.1, -0.05) is 0 Å². The average molecular weight is 143 g/mol. The molecule has 1 aliphatic carbocycles. The maximum absolute atomic E-state index is 9.34. The van der Waals surface area contributed by atoms with E-state index in [0.29, 0.717) is 0 Å². The third-order valence-electron chi connectivity index (χ3n) is 2.26. The van der Waals surface area contributed by atoms with E-state index in [4.69, 9.17) is 4.74 Å². The average Bonchev–Trinajstić information content (AvgIpc) is 1.95. The molecule has 0 aliphatic heterocycles. The van der Waals surface area contributed by atoms with E-state index in [9.17, 15) is 5.11 Å². The molecule has 1 radical (unpaired) electrons. The van der Waals surface area contributed by atoms with E-state index < -0.39 is 0 Å². The molecule has 1 fully saturated rings. The van der Waals surface area contributed by atoms with Crippen molar-refractivity contribution in [2.45, 2.75) is 31.5 Å². The molecule has 0 amide bonds. The highest BCUT2D eigenvalue weighted by Crippen LogP contribution is 2.25. The van der Waals surface area contributed by atoms with Gasteiger partial charge in [0.2, 0.25) is 0 Å². The summed E-state index contributed by atoms with van der Waals surface area (Å²) in [7, 11) is 1.68. The van der Waals surface area contributed by atoms with Crippen molar-refractivity contribution >= 4 is 0 Å². The van der Waals surface area contributed by atoms with Crippen LogP contribution in [0.2, 0.25) is 0 Å². The van der Waals surface area contributed by atoms with Crippen LogP contribution in [0.25, 0.3) is 0 Å². The van der Waals surface area contributed by atoms with Crippen molar-refractivity contribution in [3.05, 3.63) is 6.92 Å². The fourth-order valence-corrected chi connectivity index (χ4v) is 1.50. The van der Waals surface area contributed by atoms with Gasteiger partial charge in [-0.3, -0.25) is 0 Å². The summed E-state index contributed by atoms with van der Waals surface area (Å²) < 4.78 is 5.15. The van der Waals surface area contributed by atoms with Crippen LogP contribution in [0.1, 0.15) is 19.3 Å².